The largest absolute Gasteiger partial charge is 0.497 e. The molecule has 1 aromatic carbocycles. The van der Waals surface area contributed by atoms with E-state index in [2.05, 4.69) is 0 Å². The molecule has 1 N–H and O–H groups in total. The van der Waals surface area contributed by atoms with Gasteiger partial charge in [-0.2, -0.15) is 0 Å². The van der Waals surface area contributed by atoms with Gasteiger partial charge in [-0.3, -0.25) is 9.59 Å². The van der Waals surface area contributed by atoms with Crippen molar-refractivity contribution in [3.8, 4) is 5.75 Å². The molecule has 0 unspecified atom stereocenters. The Bertz CT molecular complexity index is 479. The number of nitrogens with zero attached hydrogens (tertiary/aromatic N) is 1. The molecule has 5 nitrogen and oxygen atoms in total. The highest BCUT2D eigenvalue weighted by atomic mass is 16.5. The summed E-state index contributed by atoms with van der Waals surface area (Å²) in [7, 11) is 1.59. The first-order valence-electron chi connectivity index (χ1n) is 6.39. The van der Waals surface area contributed by atoms with E-state index in [4.69, 9.17) is 9.84 Å². The van der Waals surface area contributed by atoms with Crippen LogP contribution in [0.2, 0.25) is 0 Å². The molecule has 0 bridgehead atoms. The third-order valence-electron chi connectivity index (χ3n) is 2.67. The Labute approximate surface area is 118 Å². The summed E-state index contributed by atoms with van der Waals surface area (Å²) in [4.78, 5) is 23.9. The molecule has 1 amide bonds. The molecule has 0 aliphatic heterocycles. The lowest BCUT2D eigenvalue weighted by atomic mass is 10.2. The Morgan fingerprint density at radius 3 is 2.45 bits per heavy atom. The van der Waals surface area contributed by atoms with Crippen LogP contribution in [-0.4, -0.2) is 42.1 Å². The SMILES string of the molecule is CCCN(CC(=O)O)C(=O)/C=C/c1ccc(OC)cc1. The van der Waals surface area contributed by atoms with Gasteiger partial charge in [0.25, 0.3) is 0 Å². The van der Waals surface area contributed by atoms with Crippen LogP contribution in [0.15, 0.2) is 30.3 Å². The van der Waals surface area contributed by atoms with Crippen molar-refractivity contribution in [1.29, 1.82) is 0 Å². The second kappa shape index (κ2) is 7.99. The highest BCUT2D eigenvalue weighted by molar-refractivity contribution is 5.93. The molecule has 0 fully saturated rings. The highest BCUT2D eigenvalue weighted by Crippen LogP contribution is 2.12. The van der Waals surface area contributed by atoms with Crippen LogP contribution in [-0.2, 0) is 9.59 Å². The second-order valence-corrected chi connectivity index (χ2v) is 4.26. The van der Waals surface area contributed by atoms with Gasteiger partial charge in [0, 0.05) is 12.6 Å². The molecule has 1 rings (SSSR count). The van der Waals surface area contributed by atoms with Gasteiger partial charge in [0.1, 0.15) is 12.3 Å². The van der Waals surface area contributed by atoms with Crippen molar-refractivity contribution in [3.63, 3.8) is 0 Å². The highest BCUT2D eigenvalue weighted by Gasteiger charge is 2.12. The predicted molar refractivity (Wildman–Crippen MR) is 76.5 cm³/mol. The zero-order valence-corrected chi connectivity index (χ0v) is 11.7. The van der Waals surface area contributed by atoms with Crippen LogP contribution >= 0.6 is 0 Å². The summed E-state index contributed by atoms with van der Waals surface area (Å²) in [6.07, 6.45) is 3.77. The number of carbonyl (C=O) groups excluding carboxylic acids is 1. The zero-order valence-electron chi connectivity index (χ0n) is 11.7. The lowest BCUT2D eigenvalue weighted by Crippen LogP contribution is -2.35. The molecule has 0 aliphatic rings. The molecule has 0 radical (unpaired) electrons. The number of methoxy groups -OCH3 is 1. The van der Waals surface area contributed by atoms with Crippen LogP contribution in [0, 0.1) is 0 Å². The van der Waals surface area contributed by atoms with Crippen LogP contribution in [0.1, 0.15) is 18.9 Å². The Morgan fingerprint density at radius 2 is 1.95 bits per heavy atom. The van der Waals surface area contributed by atoms with Crippen molar-refractivity contribution in [2.24, 2.45) is 0 Å². The minimum Gasteiger partial charge on any atom is -0.497 e. The molecule has 5 heteroatoms. The molecule has 0 atom stereocenters. The Hall–Kier alpha value is -2.30. The van der Waals surface area contributed by atoms with Crippen molar-refractivity contribution in [3.05, 3.63) is 35.9 Å². The fourth-order valence-corrected chi connectivity index (χ4v) is 1.69. The normalized spacial score (nSPS) is 10.5. The van der Waals surface area contributed by atoms with Gasteiger partial charge in [-0.25, -0.2) is 0 Å². The third-order valence-corrected chi connectivity index (χ3v) is 2.67. The van der Waals surface area contributed by atoms with Gasteiger partial charge in [0.15, 0.2) is 0 Å². The van der Waals surface area contributed by atoms with Crippen molar-refractivity contribution in [2.45, 2.75) is 13.3 Å². The monoisotopic (exact) mass is 277 g/mol. The maximum absolute atomic E-state index is 11.9. The molecule has 0 heterocycles. The number of benzene rings is 1. The molecule has 0 saturated carbocycles. The summed E-state index contributed by atoms with van der Waals surface area (Å²) in [5.74, 6) is -0.568. The van der Waals surface area contributed by atoms with Gasteiger partial charge in [0.2, 0.25) is 5.91 Å². The van der Waals surface area contributed by atoms with E-state index >= 15 is 0 Å². The smallest absolute Gasteiger partial charge is 0.323 e. The minimum atomic E-state index is -1.01. The average molecular weight is 277 g/mol. The molecule has 0 spiro atoms. The number of carboxylic acids is 1. The van der Waals surface area contributed by atoms with Crippen molar-refractivity contribution < 1.29 is 19.4 Å². The van der Waals surface area contributed by atoms with E-state index < -0.39 is 5.97 Å². The van der Waals surface area contributed by atoms with Crippen molar-refractivity contribution in [1.82, 2.24) is 4.90 Å². The van der Waals surface area contributed by atoms with E-state index in [0.29, 0.717) is 6.54 Å². The molecular formula is C15H19NO4. The minimum absolute atomic E-state index is 0.278. The number of ether oxygens (including phenoxy) is 1. The second-order valence-electron chi connectivity index (χ2n) is 4.26. The first-order valence-corrected chi connectivity index (χ1v) is 6.39. The first-order chi connectivity index (χ1) is 9.56. The molecule has 0 aromatic heterocycles. The number of hydrogen-bond donors (Lipinski definition) is 1. The standard InChI is InChI=1S/C15H19NO4/c1-3-10-16(11-15(18)19)14(17)9-6-12-4-7-13(20-2)8-5-12/h4-9H,3,10-11H2,1-2H3,(H,18,19)/b9-6+. The summed E-state index contributed by atoms with van der Waals surface area (Å²) in [5, 5.41) is 8.77. The van der Waals surface area contributed by atoms with Gasteiger partial charge in [-0.15, -0.1) is 0 Å². The van der Waals surface area contributed by atoms with Gasteiger partial charge in [0.05, 0.1) is 7.11 Å². The van der Waals surface area contributed by atoms with E-state index in [0.717, 1.165) is 17.7 Å². The molecule has 1 aromatic rings. The van der Waals surface area contributed by atoms with Gasteiger partial charge in [-0.05, 0) is 30.2 Å². The topological polar surface area (TPSA) is 66.8 Å². The summed E-state index contributed by atoms with van der Waals surface area (Å²) in [6, 6.07) is 7.24. The Kier molecular flexibility index (Phi) is 6.29. The zero-order chi connectivity index (χ0) is 15.0. The van der Waals surface area contributed by atoms with E-state index in [-0.39, 0.29) is 12.5 Å². The van der Waals surface area contributed by atoms with Crippen LogP contribution < -0.4 is 4.74 Å². The van der Waals surface area contributed by atoms with Gasteiger partial charge < -0.3 is 14.7 Å². The van der Waals surface area contributed by atoms with Crippen LogP contribution in [0.3, 0.4) is 0 Å². The number of hydrogen-bond acceptors (Lipinski definition) is 3. The summed E-state index contributed by atoms with van der Waals surface area (Å²) >= 11 is 0. The molecular weight excluding hydrogens is 258 g/mol. The predicted octanol–water partition coefficient (Wildman–Crippen LogP) is 2.03. The summed E-state index contributed by atoms with van der Waals surface area (Å²) < 4.78 is 5.04. The fraction of sp³-hybridized carbons (Fsp3) is 0.333. The quantitative estimate of drug-likeness (QED) is 0.774. The fourth-order valence-electron chi connectivity index (χ4n) is 1.69. The lowest BCUT2D eigenvalue weighted by Gasteiger charge is -2.17. The summed E-state index contributed by atoms with van der Waals surface area (Å²) in [5.41, 5.74) is 0.853. The van der Waals surface area contributed by atoms with Crippen LogP contribution in [0.4, 0.5) is 0 Å². The number of amides is 1. The lowest BCUT2D eigenvalue weighted by molar-refractivity contribution is -0.142. The average Bonchev–Trinajstić information content (AvgIpc) is 2.44. The molecule has 0 aliphatic carbocycles. The van der Waals surface area contributed by atoms with Crippen molar-refractivity contribution >= 4 is 18.0 Å². The molecule has 0 saturated heterocycles. The Balaban J connectivity index is 2.69. The number of rotatable bonds is 7. The molecule has 108 valence electrons. The van der Waals surface area contributed by atoms with E-state index in [1.807, 2.05) is 19.1 Å². The third kappa shape index (κ3) is 5.14. The van der Waals surface area contributed by atoms with E-state index in [9.17, 15) is 9.59 Å². The first kappa shape index (κ1) is 15.8. The van der Waals surface area contributed by atoms with E-state index in [1.165, 1.54) is 11.0 Å². The van der Waals surface area contributed by atoms with Crippen LogP contribution in [0.25, 0.3) is 6.08 Å². The maximum atomic E-state index is 11.9. The van der Waals surface area contributed by atoms with E-state index in [1.54, 1.807) is 25.3 Å². The number of carboxylic acid groups (broad SMARTS) is 1. The number of carbonyl (C=O) groups is 2. The Morgan fingerprint density at radius 1 is 1.30 bits per heavy atom. The summed E-state index contributed by atoms with van der Waals surface area (Å²) in [6.45, 7) is 2.05. The van der Waals surface area contributed by atoms with Gasteiger partial charge >= 0.3 is 5.97 Å². The van der Waals surface area contributed by atoms with Crippen LogP contribution in [0.5, 0.6) is 5.75 Å². The number of aliphatic carboxylic acids is 1. The maximum Gasteiger partial charge on any atom is 0.323 e. The van der Waals surface area contributed by atoms with Gasteiger partial charge in [-0.1, -0.05) is 19.1 Å². The van der Waals surface area contributed by atoms with Crippen molar-refractivity contribution in [2.75, 3.05) is 20.2 Å². The molecule has 20 heavy (non-hydrogen) atoms.